The highest BCUT2D eigenvalue weighted by molar-refractivity contribution is 5.34. The van der Waals surface area contributed by atoms with Gasteiger partial charge < -0.3 is 13.8 Å². The Morgan fingerprint density at radius 2 is 1.86 bits per heavy atom. The van der Waals surface area contributed by atoms with Crippen LogP contribution >= 0.6 is 0 Å². The second kappa shape index (κ2) is 4.94. The van der Waals surface area contributed by atoms with Crippen molar-refractivity contribution in [1.29, 1.82) is 0 Å². The first-order valence-corrected chi connectivity index (χ1v) is 7.32. The summed E-state index contributed by atoms with van der Waals surface area (Å²) in [7, 11) is 0. The number of hydrogen-bond donors (Lipinski definition) is 0. The van der Waals surface area contributed by atoms with Gasteiger partial charge in [-0.15, -0.1) is 0 Å². The third-order valence-electron chi connectivity index (χ3n) is 4.15. The van der Waals surface area contributed by atoms with E-state index in [1.54, 1.807) is 0 Å². The van der Waals surface area contributed by atoms with Crippen LogP contribution in [0.5, 0.6) is 0 Å². The van der Waals surface area contributed by atoms with E-state index in [9.17, 15) is 0 Å². The van der Waals surface area contributed by atoms with Crippen LogP contribution in [0.25, 0.3) is 0 Å². The maximum Gasteiger partial charge on any atom is 0.237 e. The molecule has 0 aliphatic carbocycles. The highest BCUT2D eigenvalue weighted by atomic mass is 16.5. The number of rotatable bonds is 3. The summed E-state index contributed by atoms with van der Waals surface area (Å²) >= 11 is 0. The molecule has 2 unspecified atom stereocenters. The predicted molar refractivity (Wildman–Crippen MR) is 74.9 cm³/mol. The summed E-state index contributed by atoms with van der Waals surface area (Å²) in [6.45, 7) is 9.96. The second-order valence-corrected chi connectivity index (χ2v) is 6.29. The Bertz CT molecular complexity index is 625. The standard InChI is InChI=1S/C15H21N3O3/c1-8-6-7-11(19-8)13-16-14(21-18-13)15(4,5)12-9(2)17-20-10(12)3/h8,11H,6-7H2,1-5H3. The van der Waals surface area contributed by atoms with Gasteiger partial charge in [-0.3, -0.25) is 0 Å². The molecule has 0 aromatic carbocycles. The summed E-state index contributed by atoms with van der Waals surface area (Å²) in [4.78, 5) is 4.56. The van der Waals surface area contributed by atoms with Crippen LogP contribution in [-0.2, 0) is 10.2 Å². The minimum absolute atomic E-state index is 0.0574. The zero-order valence-electron chi connectivity index (χ0n) is 13.1. The van der Waals surface area contributed by atoms with Gasteiger partial charge in [-0.05, 0) is 47.5 Å². The lowest BCUT2D eigenvalue weighted by Gasteiger charge is -2.19. The summed E-state index contributed by atoms with van der Waals surface area (Å²) in [5.41, 5.74) is 1.41. The van der Waals surface area contributed by atoms with Crippen molar-refractivity contribution in [3.05, 3.63) is 28.7 Å². The summed E-state index contributed by atoms with van der Waals surface area (Å²) in [5.74, 6) is 1.98. The van der Waals surface area contributed by atoms with E-state index in [2.05, 4.69) is 22.2 Å². The molecule has 114 valence electrons. The Hall–Kier alpha value is -1.69. The van der Waals surface area contributed by atoms with Crippen LogP contribution in [0.4, 0.5) is 0 Å². The number of aryl methyl sites for hydroxylation is 2. The van der Waals surface area contributed by atoms with Crippen molar-refractivity contribution < 1.29 is 13.8 Å². The van der Waals surface area contributed by atoms with Crippen LogP contribution in [0.3, 0.4) is 0 Å². The largest absolute Gasteiger partial charge is 0.367 e. The summed E-state index contributed by atoms with van der Waals surface area (Å²) in [6.07, 6.45) is 2.17. The molecule has 6 heteroatoms. The van der Waals surface area contributed by atoms with E-state index < -0.39 is 5.41 Å². The van der Waals surface area contributed by atoms with E-state index in [1.165, 1.54) is 0 Å². The van der Waals surface area contributed by atoms with Gasteiger partial charge in [-0.1, -0.05) is 10.3 Å². The topological polar surface area (TPSA) is 74.2 Å². The molecule has 2 aromatic rings. The van der Waals surface area contributed by atoms with E-state index >= 15 is 0 Å². The number of hydrogen-bond acceptors (Lipinski definition) is 6. The first kappa shape index (κ1) is 14.3. The quantitative estimate of drug-likeness (QED) is 0.864. The number of ether oxygens (including phenoxy) is 1. The van der Waals surface area contributed by atoms with Crippen molar-refractivity contribution in [2.24, 2.45) is 0 Å². The molecule has 1 fully saturated rings. The van der Waals surface area contributed by atoms with E-state index in [0.29, 0.717) is 11.7 Å². The maximum atomic E-state index is 5.80. The zero-order valence-corrected chi connectivity index (χ0v) is 13.1. The van der Waals surface area contributed by atoms with Crippen molar-refractivity contribution in [2.45, 2.75) is 65.1 Å². The summed E-state index contributed by atoms with van der Waals surface area (Å²) < 4.78 is 16.6. The Kier molecular flexibility index (Phi) is 3.36. The van der Waals surface area contributed by atoms with Crippen LogP contribution in [0, 0.1) is 13.8 Å². The van der Waals surface area contributed by atoms with Crippen molar-refractivity contribution >= 4 is 0 Å². The molecule has 0 amide bonds. The average Bonchev–Trinajstić information content (AvgIpc) is 3.09. The molecule has 2 aromatic heterocycles. The van der Waals surface area contributed by atoms with Gasteiger partial charge in [0.05, 0.1) is 17.2 Å². The molecule has 6 nitrogen and oxygen atoms in total. The Morgan fingerprint density at radius 1 is 1.10 bits per heavy atom. The molecule has 0 bridgehead atoms. The molecule has 1 aliphatic rings. The van der Waals surface area contributed by atoms with E-state index in [1.807, 2.05) is 27.7 Å². The maximum absolute atomic E-state index is 5.80. The zero-order chi connectivity index (χ0) is 15.2. The lowest BCUT2D eigenvalue weighted by molar-refractivity contribution is 0.0489. The van der Waals surface area contributed by atoms with Gasteiger partial charge >= 0.3 is 0 Å². The number of aromatic nitrogens is 3. The smallest absolute Gasteiger partial charge is 0.237 e. The lowest BCUT2D eigenvalue weighted by atomic mass is 9.83. The van der Waals surface area contributed by atoms with Gasteiger partial charge in [0.15, 0.2) is 0 Å². The normalized spacial score (nSPS) is 22.9. The molecule has 0 saturated carbocycles. The minimum atomic E-state index is -0.441. The fourth-order valence-electron chi connectivity index (χ4n) is 3.09. The van der Waals surface area contributed by atoms with Gasteiger partial charge in [0.2, 0.25) is 11.7 Å². The molecule has 0 spiro atoms. The third-order valence-corrected chi connectivity index (χ3v) is 4.15. The van der Waals surface area contributed by atoms with Crippen LogP contribution in [0.2, 0.25) is 0 Å². The highest BCUT2D eigenvalue weighted by Crippen LogP contribution is 2.36. The molecule has 0 radical (unpaired) electrons. The van der Waals surface area contributed by atoms with E-state index in [-0.39, 0.29) is 12.2 Å². The van der Waals surface area contributed by atoms with Crippen molar-refractivity contribution in [3.8, 4) is 0 Å². The molecule has 0 N–H and O–H groups in total. The van der Waals surface area contributed by atoms with Crippen molar-refractivity contribution in [2.75, 3.05) is 0 Å². The molecule has 2 atom stereocenters. The van der Waals surface area contributed by atoms with E-state index in [0.717, 1.165) is 29.9 Å². The van der Waals surface area contributed by atoms with Gasteiger partial charge in [0, 0.05) is 5.56 Å². The van der Waals surface area contributed by atoms with Crippen molar-refractivity contribution in [1.82, 2.24) is 15.3 Å². The molecule has 3 rings (SSSR count). The molecule has 1 aliphatic heterocycles. The summed E-state index contributed by atoms with van der Waals surface area (Å²) in [5, 5.41) is 8.12. The average molecular weight is 291 g/mol. The predicted octanol–water partition coefficient (Wildman–Crippen LogP) is 3.24. The molecule has 3 heterocycles. The van der Waals surface area contributed by atoms with Crippen LogP contribution in [-0.4, -0.2) is 21.4 Å². The lowest BCUT2D eigenvalue weighted by Crippen LogP contribution is -2.21. The van der Waals surface area contributed by atoms with Crippen LogP contribution < -0.4 is 0 Å². The first-order valence-electron chi connectivity index (χ1n) is 7.32. The van der Waals surface area contributed by atoms with E-state index in [4.69, 9.17) is 13.8 Å². The Morgan fingerprint density at radius 3 is 2.43 bits per heavy atom. The van der Waals surface area contributed by atoms with Crippen LogP contribution in [0.15, 0.2) is 9.05 Å². The molecular formula is C15H21N3O3. The minimum Gasteiger partial charge on any atom is -0.367 e. The fourth-order valence-corrected chi connectivity index (χ4v) is 3.09. The molecule has 21 heavy (non-hydrogen) atoms. The first-order chi connectivity index (χ1) is 9.89. The third kappa shape index (κ3) is 2.37. The Labute approximate surface area is 123 Å². The van der Waals surface area contributed by atoms with Crippen LogP contribution in [0.1, 0.15) is 68.4 Å². The Balaban J connectivity index is 1.92. The molecular weight excluding hydrogens is 270 g/mol. The van der Waals surface area contributed by atoms with Gasteiger partial charge in [0.25, 0.3) is 0 Å². The van der Waals surface area contributed by atoms with Crippen molar-refractivity contribution in [3.63, 3.8) is 0 Å². The molecule has 1 saturated heterocycles. The summed E-state index contributed by atoms with van der Waals surface area (Å²) in [6, 6.07) is 0. The number of nitrogens with zero attached hydrogens (tertiary/aromatic N) is 3. The van der Waals surface area contributed by atoms with Gasteiger partial charge in [0.1, 0.15) is 11.9 Å². The SMILES string of the molecule is Cc1noc(C)c1C(C)(C)c1nc(C2CCC(C)O2)no1. The fraction of sp³-hybridized carbons (Fsp3) is 0.667. The highest BCUT2D eigenvalue weighted by Gasteiger charge is 2.37. The second-order valence-electron chi connectivity index (χ2n) is 6.29. The van der Waals surface area contributed by atoms with Gasteiger partial charge in [-0.2, -0.15) is 4.98 Å². The monoisotopic (exact) mass is 291 g/mol. The van der Waals surface area contributed by atoms with Gasteiger partial charge in [-0.25, -0.2) is 0 Å².